The van der Waals surface area contributed by atoms with Crippen molar-refractivity contribution in [1.82, 2.24) is 15.5 Å². The number of anilines is 1. The third-order valence-corrected chi connectivity index (χ3v) is 4.84. The zero-order valence-electron chi connectivity index (χ0n) is 13.5. The smallest absolute Gasteiger partial charge is 0.261 e. The second kappa shape index (κ2) is 8.81. The second-order valence-electron chi connectivity index (χ2n) is 4.79. The summed E-state index contributed by atoms with van der Waals surface area (Å²) in [5.41, 5.74) is 0.467. The van der Waals surface area contributed by atoms with E-state index in [4.69, 9.17) is 9.15 Å². The average molecular weight is 370 g/mol. The molecule has 2 aromatic heterocycles. The molecule has 0 saturated carbocycles. The number of aryl methyl sites for hydroxylation is 2. The minimum atomic E-state index is -0.297. The van der Waals surface area contributed by atoms with Gasteiger partial charge in [0, 0.05) is 13.7 Å². The number of nitrogens with one attached hydrogen (secondary N) is 2. The molecule has 0 atom stereocenters. The number of methoxy groups -OCH3 is 1. The molecule has 0 radical (unpaired) electrons. The van der Waals surface area contributed by atoms with Crippen LogP contribution in [0.2, 0.25) is 0 Å². The maximum Gasteiger partial charge on any atom is 0.261 e. The van der Waals surface area contributed by atoms with Gasteiger partial charge < -0.3 is 14.5 Å². The van der Waals surface area contributed by atoms with Gasteiger partial charge in [0.2, 0.25) is 11.0 Å². The lowest BCUT2D eigenvalue weighted by molar-refractivity contribution is -0.118. The van der Waals surface area contributed by atoms with Gasteiger partial charge in [-0.15, -0.1) is 10.2 Å². The molecule has 8 nitrogen and oxygen atoms in total. The van der Waals surface area contributed by atoms with Crippen LogP contribution in [0, 0.1) is 13.8 Å². The Balaban J connectivity index is 1.83. The van der Waals surface area contributed by atoms with Gasteiger partial charge in [-0.2, -0.15) is 0 Å². The highest BCUT2D eigenvalue weighted by molar-refractivity contribution is 8.01. The lowest BCUT2D eigenvalue weighted by atomic mass is 10.2. The summed E-state index contributed by atoms with van der Waals surface area (Å²) >= 11 is 2.47. The van der Waals surface area contributed by atoms with Crippen molar-refractivity contribution < 1.29 is 18.7 Å². The summed E-state index contributed by atoms with van der Waals surface area (Å²) in [5, 5.41) is 13.6. The Kier molecular flexibility index (Phi) is 6.76. The molecule has 0 spiro atoms. The van der Waals surface area contributed by atoms with Crippen molar-refractivity contribution in [1.29, 1.82) is 0 Å². The number of ether oxygens (including phenoxy) is 1. The first kappa shape index (κ1) is 18.4. The number of hydrogen-bond acceptors (Lipinski definition) is 8. The molecule has 2 amide bonds. The summed E-state index contributed by atoms with van der Waals surface area (Å²) in [6.07, 6.45) is 0. The van der Waals surface area contributed by atoms with Crippen molar-refractivity contribution in [2.75, 3.05) is 31.3 Å². The number of aromatic nitrogens is 2. The zero-order chi connectivity index (χ0) is 17.5. The summed E-state index contributed by atoms with van der Waals surface area (Å²) in [7, 11) is 1.57. The Morgan fingerprint density at radius 1 is 1.38 bits per heavy atom. The Labute approximate surface area is 147 Å². The highest BCUT2D eigenvalue weighted by Gasteiger charge is 2.16. The van der Waals surface area contributed by atoms with Crippen LogP contribution in [-0.2, 0) is 9.53 Å². The predicted octanol–water partition coefficient (Wildman–Crippen LogP) is 1.85. The molecular weight excluding hydrogens is 352 g/mol. The van der Waals surface area contributed by atoms with Gasteiger partial charge in [0.1, 0.15) is 11.5 Å². The van der Waals surface area contributed by atoms with Gasteiger partial charge in [-0.1, -0.05) is 23.1 Å². The highest BCUT2D eigenvalue weighted by Crippen LogP contribution is 2.26. The summed E-state index contributed by atoms with van der Waals surface area (Å²) in [6, 6.07) is 1.67. The lowest BCUT2D eigenvalue weighted by Crippen LogP contribution is -2.28. The first-order chi connectivity index (χ1) is 11.5. The Morgan fingerprint density at radius 2 is 2.17 bits per heavy atom. The van der Waals surface area contributed by atoms with Gasteiger partial charge in [-0.3, -0.25) is 14.9 Å². The van der Waals surface area contributed by atoms with E-state index in [0.717, 1.165) is 0 Å². The first-order valence-corrected chi connectivity index (χ1v) is 8.90. The third-order valence-electron chi connectivity index (χ3n) is 2.87. The topological polar surface area (TPSA) is 106 Å². The van der Waals surface area contributed by atoms with Gasteiger partial charge in [-0.05, 0) is 19.9 Å². The van der Waals surface area contributed by atoms with Crippen LogP contribution >= 0.6 is 23.1 Å². The minimum absolute atomic E-state index is 0.109. The fourth-order valence-electron chi connectivity index (χ4n) is 1.81. The summed E-state index contributed by atoms with van der Waals surface area (Å²) in [5.74, 6) is 1.05. The molecule has 0 aliphatic carbocycles. The largest absolute Gasteiger partial charge is 0.466 e. The van der Waals surface area contributed by atoms with Crippen molar-refractivity contribution in [2.24, 2.45) is 0 Å². The van der Waals surface area contributed by atoms with Gasteiger partial charge in [0.25, 0.3) is 5.91 Å². The van der Waals surface area contributed by atoms with Crippen molar-refractivity contribution in [2.45, 2.75) is 18.2 Å². The molecule has 0 aliphatic rings. The molecule has 10 heteroatoms. The highest BCUT2D eigenvalue weighted by atomic mass is 32.2. The standard InChI is InChI=1S/C14H18N4O4S2/c1-8-6-10(9(2)22-8)12(20)16-13-17-18-14(24-13)23-7-11(19)15-4-5-21-3/h6H,4-5,7H2,1-3H3,(H,15,19)(H,16,17,20). The van der Waals surface area contributed by atoms with Crippen LogP contribution in [-0.4, -0.2) is 48.0 Å². The first-order valence-electron chi connectivity index (χ1n) is 7.10. The zero-order valence-corrected chi connectivity index (χ0v) is 15.2. The molecule has 2 rings (SSSR count). The van der Waals surface area contributed by atoms with E-state index in [1.54, 1.807) is 27.0 Å². The molecule has 0 saturated heterocycles. The summed E-state index contributed by atoms with van der Waals surface area (Å²) < 4.78 is 10.8. The lowest BCUT2D eigenvalue weighted by Gasteiger charge is -2.02. The van der Waals surface area contributed by atoms with E-state index >= 15 is 0 Å². The fraction of sp³-hybridized carbons (Fsp3) is 0.429. The van der Waals surface area contributed by atoms with E-state index in [0.29, 0.717) is 39.7 Å². The molecule has 24 heavy (non-hydrogen) atoms. The summed E-state index contributed by atoms with van der Waals surface area (Å²) in [4.78, 5) is 23.7. The molecule has 0 fully saturated rings. The predicted molar refractivity (Wildman–Crippen MR) is 91.7 cm³/mol. The third kappa shape index (κ3) is 5.32. The van der Waals surface area contributed by atoms with Crippen LogP contribution in [0.15, 0.2) is 14.8 Å². The van der Waals surface area contributed by atoms with E-state index in [1.807, 2.05) is 0 Å². The van der Waals surface area contributed by atoms with Gasteiger partial charge in [0.05, 0.1) is 17.9 Å². The molecule has 0 bridgehead atoms. The molecule has 0 aromatic carbocycles. The van der Waals surface area contributed by atoms with Crippen LogP contribution in [0.5, 0.6) is 0 Å². The molecule has 2 aromatic rings. The maximum atomic E-state index is 12.2. The average Bonchev–Trinajstić information content (AvgIpc) is 3.11. The molecule has 2 N–H and O–H groups in total. The number of amides is 2. The SMILES string of the molecule is COCCNC(=O)CSc1nnc(NC(=O)c2cc(C)oc2C)s1. The number of rotatable bonds is 8. The van der Waals surface area contributed by atoms with Crippen molar-refractivity contribution in [3.63, 3.8) is 0 Å². The fourth-order valence-corrected chi connectivity index (χ4v) is 3.39. The maximum absolute atomic E-state index is 12.2. The van der Waals surface area contributed by atoms with Crippen molar-refractivity contribution in [3.05, 3.63) is 23.2 Å². The Hall–Kier alpha value is -1.91. The van der Waals surface area contributed by atoms with E-state index in [-0.39, 0.29) is 17.6 Å². The van der Waals surface area contributed by atoms with Crippen LogP contribution in [0.3, 0.4) is 0 Å². The van der Waals surface area contributed by atoms with E-state index < -0.39 is 0 Å². The normalized spacial score (nSPS) is 10.6. The number of carbonyl (C=O) groups is 2. The quantitative estimate of drug-likeness (QED) is 0.415. The van der Waals surface area contributed by atoms with E-state index in [2.05, 4.69) is 20.8 Å². The Morgan fingerprint density at radius 3 is 2.83 bits per heavy atom. The number of carbonyl (C=O) groups excluding carboxylic acids is 2. The molecule has 0 aliphatic heterocycles. The van der Waals surface area contributed by atoms with Crippen LogP contribution in [0.1, 0.15) is 21.9 Å². The van der Waals surface area contributed by atoms with Crippen LogP contribution in [0.4, 0.5) is 5.13 Å². The van der Waals surface area contributed by atoms with Crippen molar-refractivity contribution >= 4 is 40.0 Å². The number of thioether (sulfide) groups is 1. The van der Waals surface area contributed by atoms with E-state index in [9.17, 15) is 9.59 Å². The van der Waals surface area contributed by atoms with Crippen LogP contribution in [0.25, 0.3) is 0 Å². The van der Waals surface area contributed by atoms with Gasteiger partial charge in [-0.25, -0.2) is 0 Å². The van der Waals surface area contributed by atoms with Crippen molar-refractivity contribution in [3.8, 4) is 0 Å². The molecule has 0 unspecified atom stereocenters. The van der Waals surface area contributed by atoms with E-state index in [1.165, 1.54) is 23.1 Å². The minimum Gasteiger partial charge on any atom is -0.466 e. The van der Waals surface area contributed by atoms with Crippen LogP contribution < -0.4 is 10.6 Å². The monoisotopic (exact) mass is 370 g/mol. The number of nitrogens with zero attached hydrogens (tertiary/aromatic N) is 2. The molecule has 2 heterocycles. The Bertz CT molecular complexity index is 713. The molecule has 130 valence electrons. The summed E-state index contributed by atoms with van der Waals surface area (Å²) in [6.45, 7) is 4.45. The van der Waals surface area contributed by atoms with Gasteiger partial charge >= 0.3 is 0 Å². The number of furan rings is 1. The number of hydrogen-bond donors (Lipinski definition) is 2. The second-order valence-corrected chi connectivity index (χ2v) is 6.99. The van der Waals surface area contributed by atoms with Gasteiger partial charge in [0.15, 0.2) is 4.34 Å². The molecular formula is C14H18N4O4S2.